The van der Waals surface area contributed by atoms with Gasteiger partial charge in [-0.15, -0.1) is 5.10 Å². The number of aromatic nitrogens is 3. The molecule has 0 saturated carbocycles. The van der Waals surface area contributed by atoms with E-state index in [9.17, 15) is 13.2 Å². The first-order valence-corrected chi connectivity index (χ1v) is 7.03. The highest BCUT2D eigenvalue weighted by molar-refractivity contribution is 7.89. The molecule has 0 unspecified atom stereocenters. The zero-order chi connectivity index (χ0) is 13.6. The minimum absolute atomic E-state index is 0.166. The van der Waals surface area contributed by atoms with Gasteiger partial charge in [-0.25, -0.2) is 13.6 Å². The summed E-state index contributed by atoms with van der Waals surface area (Å²) in [5, 5.41) is 14.7. The summed E-state index contributed by atoms with van der Waals surface area (Å²) in [6.45, 7) is 1.09. The number of sulfonamides is 1. The number of primary sulfonamides is 1. The van der Waals surface area contributed by atoms with Crippen LogP contribution in [0.1, 0.15) is 16.9 Å². The SMILES string of the molecule is NCCn1cc(C(=O)NCCCS(N)(=O)=O)nn1. The summed E-state index contributed by atoms with van der Waals surface area (Å²) < 4.78 is 22.8. The lowest BCUT2D eigenvalue weighted by Crippen LogP contribution is -2.27. The van der Waals surface area contributed by atoms with Gasteiger partial charge in [-0.2, -0.15) is 0 Å². The second-order valence-electron chi connectivity index (χ2n) is 3.63. The lowest BCUT2D eigenvalue weighted by atomic mass is 10.4. The van der Waals surface area contributed by atoms with Crippen molar-refractivity contribution in [1.82, 2.24) is 20.3 Å². The van der Waals surface area contributed by atoms with Crippen LogP contribution in [-0.2, 0) is 16.6 Å². The van der Waals surface area contributed by atoms with Crippen LogP contribution in [0.2, 0.25) is 0 Å². The first-order chi connectivity index (χ1) is 8.42. The number of hydrogen-bond donors (Lipinski definition) is 3. The topological polar surface area (TPSA) is 146 Å². The van der Waals surface area contributed by atoms with Crippen molar-refractivity contribution < 1.29 is 13.2 Å². The van der Waals surface area contributed by atoms with E-state index in [0.717, 1.165) is 0 Å². The number of carbonyl (C=O) groups is 1. The number of nitrogens with two attached hydrogens (primary N) is 2. The van der Waals surface area contributed by atoms with Crippen molar-refractivity contribution in [2.24, 2.45) is 10.9 Å². The molecule has 0 spiro atoms. The van der Waals surface area contributed by atoms with Gasteiger partial charge in [0, 0.05) is 13.1 Å². The van der Waals surface area contributed by atoms with E-state index < -0.39 is 15.9 Å². The zero-order valence-electron chi connectivity index (χ0n) is 9.74. The summed E-state index contributed by atoms with van der Waals surface area (Å²) in [5.74, 6) is -0.583. The largest absolute Gasteiger partial charge is 0.351 e. The molecule has 1 amide bonds. The summed E-state index contributed by atoms with van der Waals surface area (Å²) in [5.41, 5.74) is 5.49. The highest BCUT2D eigenvalue weighted by Crippen LogP contribution is 1.93. The molecule has 10 heteroatoms. The van der Waals surface area contributed by atoms with Gasteiger partial charge in [0.15, 0.2) is 5.69 Å². The van der Waals surface area contributed by atoms with Crippen LogP contribution >= 0.6 is 0 Å². The van der Waals surface area contributed by atoms with Crippen molar-refractivity contribution >= 4 is 15.9 Å². The average Bonchev–Trinajstić information content (AvgIpc) is 2.72. The molecule has 0 radical (unpaired) electrons. The van der Waals surface area contributed by atoms with Gasteiger partial charge < -0.3 is 11.1 Å². The Hall–Kier alpha value is -1.52. The predicted molar refractivity (Wildman–Crippen MR) is 64.0 cm³/mol. The first kappa shape index (κ1) is 14.5. The van der Waals surface area contributed by atoms with Gasteiger partial charge >= 0.3 is 0 Å². The number of carbonyl (C=O) groups excluding carboxylic acids is 1. The van der Waals surface area contributed by atoms with Crippen LogP contribution in [0.4, 0.5) is 0 Å². The average molecular weight is 276 g/mol. The summed E-state index contributed by atoms with van der Waals surface area (Å²) in [7, 11) is -3.49. The van der Waals surface area contributed by atoms with E-state index in [4.69, 9.17) is 10.9 Å². The minimum atomic E-state index is -3.49. The summed E-state index contributed by atoms with van der Waals surface area (Å²) in [6.07, 6.45) is 1.73. The van der Waals surface area contributed by atoms with E-state index in [-0.39, 0.29) is 24.4 Å². The molecule has 0 atom stereocenters. The number of amides is 1. The van der Waals surface area contributed by atoms with Gasteiger partial charge in [-0.1, -0.05) is 5.21 Å². The van der Waals surface area contributed by atoms with Gasteiger partial charge in [0.25, 0.3) is 5.91 Å². The number of nitrogens with one attached hydrogen (secondary N) is 1. The fraction of sp³-hybridized carbons (Fsp3) is 0.625. The maximum absolute atomic E-state index is 11.5. The Morgan fingerprint density at radius 1 is 1.50 bits per heavy atom. The van der Waals surface area contributed by atoms with Crippen molar-refractivity contribution in [2.45, 2.75) is 13.0 Å². The Morgan fingerprint density at radius 3 is 2.83 bits per heavy atom. The molecule has 0 aliphatic heterocycles. The fourth-order valence-corrected chi connectivity index (χ4v) is 1.76. The first-order valence-electron chi connectivity index (χ1n) is 5.31. The minimum Gasteiger partial charge on any atom is -0.351 e. The van der Waals surface area contributed by atoms with Gasteiger partial charge in [-0.05, 0) is 6.42 Å². The van der Waals surface area contributed by atoms with Crippen molar-refractivity contribution in [3.05, 3.63) is 11.9 Å². The van der Waals surface area contributed by atoms with Crippen LogP contribution in [0.25, 0.3) is 0 Å². The molecule has 1 aromatic rings. The van der Waals surface area contributed by atoms with E-state index >= 15 is 0 Å². The fourth-order valence-electron chi connectivity index (χ4n) is 1.21. The zero-order valence-corrected chi connectivity index (χ0v) is 10.6. The van der Waals surface area contributed by atoms with E-state index in [1.54, 1.807) is 0 Å². The molecule has 5 N–H and O–H groups in total. The van der Waals surface area contributed by atoms with Crippen molar-refractivity contribution in [3.63, 3.8) is 0 Å². The molecule has 1 rings (SSSR count). The van der Waals surface area contributed by atoms with Crippen LogP contribution < -0.4 is 16.2 Å². The summed E-state index contributed by atoms with van der Waals surface area (Å²) >= 11 is 0. The predicted octanol–water partition coefficient (Wildman–Crippen LogP) is -2.35. The molecule has 18 heavy (non-hydrogen) atoms. The summed E-state index contributed by atoms with van der Waals surface area (Å²) in [4.78, 5) is 11.5. The Kier molecular flexibility index (Phi) is 5.19. The molecule has 0 saturated heterocycles. The van der Waals surface area contributed by atoms with E-state index in [1.165, 1.54) is 10.9 Å². The Labute approximate surface area is 105 Å². The number of rotatable bonds is 7. The monoisotopic (exact) mass is 276 g/mol. The maximum Gasteiger partial charge on any atom is 0.273 e. The lowest BCUT2D eigenvalue weighted by molar-refractivity contribution is 0.0948. The second kappa shape index (κ2) is 6.42. The highest BCUT2D eigenvalue weighted by Gasteiger charge is 2.10. The van der Waals surface area contributed by atoms with Gasteiger partial charge in [0.2, 0.25) is 10.0 Å². The molecule has 0 aliphatic carbocycles. The van der Waals surface area contributed by atoms with Crippen LogP contribution in [-0.4, -0.2) is 48.2 Å². The third-order valence-corrected chi connectivity index (χ3v) is 2.88. The van der Waals surface area contributed by atoms with Crippen molar-refractivity contribution in [1.29, 1.82) is 0 Å². The second-order valence-corrected chi connectivity index (χ2v) is 5.37. The highest BCUT2D eigenvalue weighted by atomic mass is 32.2. The molecule has 1 aromatic heterocycles. The van der Waals surface area contributed by atoms with E-state index in [2.05, 4.69) is 15.6 Å². The Bertz CT molecular complexity index is 497. The molecule has 0 bridgehead atoms. The number of nitrogens with zero attached hydrogens (tertiary/aromatic N) is 3. The van der Waals surface area contributed by atoms with Crippen LogP contribution in [0.3, 0.4) is 0 Å². The maximum atomic E-state index is 11.5. The molecule has 0 fully saturated rings. The van der Waals surface area contributed by atoms with Crippen LogP contribution in [0, 0.1) is 0 Å². The van der Waals surface area contributed by atoms with E-state index in [0.29, 0.717) is 13.1 Å². The molecule has 0 aliphatic rings. The molecule has 102 valence electrons. The van der Waals surface area contributed by atoms with Crippen molar-refractivity contribution in [2.75, 3.05) is 18.8 Å². The van der Waals surface area contributed by atoms with Gasteiger partial charge in [-0.3, -0.25) is 9.48 Å². The third kappa shape index (κ3) is 5.21. The standard InChI is InChI=1S/C8H16N6O3S/c9-2-4-14-6-7(12-13-14)8(15)11-3-1-5-18(10,16)17/h6H,1-5,9H2,(H,11,15)(H2,10,16,17). The third-order valence-electron chi connectivity index (χ3n) is 2.02. The van der Waals surface area contributed by atoms with Crippen LogP contribution in [0.15, 0.2) is 6.20 Å². The van der Waals surface area contributed by atoms with Crippen molar-refractivity contribution in [3.8, 4) is 0 Å². The normalized spacial score (nSPS) is 11.4. The molecule has 0 aromatic carbocycles. The van der Waals surface area contributed by atoms with E-state index in [1.807, 2.05) is 0 Å². The quantitative estimate of drug-likeness (QED) is 0.475. The molecular weight excluding hydrogens is 260 g/mol. The summed E-state index contributed by atoms with van der Waals surface area (Å²) in [6, 6.07) is 0. The Morgan fingerprint density at radius 2 is 2.22 bits per heavy atom. The molecule has 1 heterocycles. The van der Waals surface area contributed by atoms with Gasteiger partial charge in [0.1, 0.15) is 0 Å². The van der Waals surface area contributed by atoms with Crippen LogP contribution in [0.5, 0.6) is 0 Å². The number of hydrogen-bond acceptors (Lipinski definition) is 6. The lowest BCUT2D eigenvalue weighted by Gasteiger charge is -2.01. The molecular formula is C8H16N6O3S. The van der Waals surface area contributed by atoms with Gasteiger partial charge in [0.05, 0.1) is 18.5 Å². The smallest absolute Gasteiger partial charge is 0.273 e. The Balaban J connectivity index is 2.36. The molecule has 9 nitrogen and oxygen atoms in total.